The van der Waals surface area contributed by atoms with Gasteiger partial charge >= 0.3 is 0 Å². The Hall–Kier alpha value is -2.98. The molecule has 3 aromatic rings. The normalized spacial score (nSPS) is 11.6. The summed E-state index contributed by atoms with van der Waals surface area (Å²) in [6.07, 6.45) is 0.282. The molecule has 1 unspecified atom stereocenters. The molecule has 0 spiro atoms. The summed E-state index contributed by atoms with van der Waals surface area (Å²) in [7, 11) is 3.13. The molecule has 3 aromatic carbocycles. The van der Waals surface area contributed by atoms with Crippen molar-refractivity contribution in [3.63, 3.8) is 0 Å². The topological polar surface area (TPSA) is 47.6 Å². The molecule has 1 N–H and O–H groups in total. The van der Waals surface area contributed by atoms with E-state index in [2.05, 4.69) is 31.3 Å². The fourth-order valence-electron chi connectivity index (χ4n) is 3.29. The van der Waals surface area contributed by atoms with Crippen LogP contribution in [0.1, 0.15) is 39.5 Å². The zero-order valence-corrected chi connectivity index (χ0v) is 18.4. The molecule has 0 saturated carbocycles. The number of anilines is 1. The summed E-state index contributed by atoms with van der Waals surface area (Å²) in [4.78, 5) is 13.1. The van der Waals surface area contributed by atoms with Crippen molar-refractivity contribution in [3.05, 3.63) is 87.9 Å². The molecule has 0 fully saturated rings. The molecule has 0 bridgehead atoms. The van der Waals surface area contributed by atoms with Crippen LogP contribution in [0.5, 0.6) is 11.5 Å². The minimum atomic E-state index is -0.204. The minimum Gasteiger partial charge on any atom is -0.493 e. The van der Waals surface area contributed by atoms with Crippen LogP contribution in [0, 0.1) is 13.8 Å². The number of benzene rings is 3. The van der Waals surface area contributed by atoms with Gasteiger partial charge < -0.3 is 14.8 Å². The summed E-state index contributed by atoms with van der Waals surface area (Å²) in [6, 6.07) is 18.8. The smallest absolute Gasteiger partial charge is 0.165 e. The zero-order valence-electron chi connectivity index (χ0n) is 17.7. The number of ketones is 1. The van der Waals surface area contributed by atoms with Gasteiger partial charge in [-0.25, -0.2) is 0 Å². The van der Waals surface area contributed by atoms with E-state index in [1.165, 1.54) is 11.1 Å². The van der Waals surface area contributed by atoms with Gasteiger partial charge in [0.2, 0.25) is 0 Å². The number of aryl methyl sites for hydroxylation is 2. The van der Waals surface area contributed by atoms with E-state index in [4.69, 9.17) is 21.1 Å². The number of nitrogens with one attached hydrogen (secondary N) is 1. The van der Waals surface area contributed by atoms with Crippen molar-refractivity contribution in [2.24, 2.45) is 0 Å². The highest BCUT2D eigenvalue weighted by Gasteiger charge is 2.19. The lowest BCUT2D eigenvalue weighted by Gasteiger charge is -2.21. The molecule has 4 nitrogen and oxygen atoms in total. The highest BCUT2D eigenvalue weighted by molar-refractivity contribution is 6.30. The van der Waals surface area contributed by atoms with Crippen LogP contribution in [0.2, 0.25) is 5.02 Å². The van der Waals surface area contributed by atoms with Crippen LogP contribution < -0.4 is 14.8 Å². The van der Waals surface area contributed by atoms with Crippen molar-refractivity contribution in [1.29, 1.82) is 0 Å². The van der Waals surface area contributed by atoms with Gasteiger partial charge in [0.1, 0.15) is 0 Å². The van der Waals surface area contributed by atoms with Gasteiger partial charge in [-0.1, -0.05) is 29.8 Å². The average molecular weight is 424 g/mol. The molecule has 0 aromatic heterocycles. The third-order valence-corrected chi connectivity index (χ3v) is 5.47. The number of methoxy groups -OCH3 is 2. The molecule has 0 amide bonds. The summed E-state index contributed by atoms with van der Waals surface area (Å²) in [5.41, 5.74) is 4.96. The first-order valence-corrected chi connectivity index (χ1v) is 10.1. The number of ether oxygens (including phenoxy) is 2. The highest BCUT2D eigenvalue weighted by atomic mass is 35.5. The number of carbonyl (C=O) groups excluding carboxylic acids is 1. The number of hydrogen-bond acceptors (Lipinski definition) is 4. The molecule has 0 aliphatic rings. The first-order chi connectivity index (χ1) is 14.4. The SMILES string of the molecule is COc1ccc(C(=O)CC(Nc2ccc(C)c(C)c2)c2ccc(Cl)cc2)cc1OC. The van der Waals surface area contributed by atoms with E-state index >= 15 is 0 Å². The summed E-state index contributed by atoms with van der Waals surface area (Å²) in [6.45, 7) is 4.16. The second-order valence-electron chi connectivity index (χ2n) is 7.24. The fourth-order valence-corrected chi connectivity index (χ4v) is 3.42. The lowest BCUT2D eigenvalue weighted by molar-refractivity contribution is 0.0976. The molecule has 0 aliphatic carbocycles. The Balaban J connectivity index is 1.89. The van der Waals surface area contributed by atoms with E-state index in [0.717, 1.165) is 11.3 Å². The lowest BCUT2D eigenvalue weighted by atomic mass is 9.97. The van der Waals surface area contributed by atoms with Crippen LogP contribution in [-0.4, -0.2) is 20.0 Å². The van der Waals surface area contributed by atoms with Gasteiger partial charge in [0.05, 0.1) is 20.3 Å². The van der Waals surface area contributed by atoms with Crippen molar-refractivity contribution in [2.45, 2.75) is 26.3 Å². The Morgan fingerprint density at radius 1 is 0.900 bits per heavy atom. The molecule has 0 aliphatic heterocycles. The van der Waals surface area contributed by atoms with Gasteiger partial charge in [-0.2, -0.15) is 0 Å². The van der Waals surface area contributed by atoms with E-state index in [-0.39, 0.29) is 18.2 Å². The Bertz CT molecular complexity index is 1030. The van der Waals surface area contributed by atoms with Crippen LogP contribution in [-0.2, 0) is 0 Å². The number of Topliss-reactive ketones (excluding diaryl/α,β-unsaturated/α-hetero) is 1. The van der Waals surface area contributed by atoms with Gasteiger partial charge in [-0.3, -0.25) is 4.79 Å². The van der Waals surface area contributed by atoms with Crippen molar-refractivity contribution in [2.75, 3.05) is 19.5 Å². The number of halogens is 1. The van der Waals surface area contributed by atoms with Crippen LogP contribution in [0.25, 0.3) is 0 Å². The number of carbonyl (C=O) groups is 1. The maximum absolute atomic E-state index is 13.1. The first kappa shape index (κ1) is 21.7. The van der Waals surface area contributed by atoms with Crippen LogP contribution in [0.15, 0.2) is 60.7 Å². The van der Waals surface area contributed by atoms with E-state index in [0.29, 0.717) is 22.1 Å². The Morgan fingerprint density at radius 3 is 2.23 bits per heavy atom. The van der Waals surface area contributed by atoms with Crippen molar-refractivity contribution in [1.82, 2.24) is 0 Å². The monoisotopic (exact) mass is 423 g/mol. The Kier molecular flexibility index (Phi) is 7.01. The predicted octanol–water partition coefficient (Wildman–Crippen LogP) is 6.40. The summed E-state index contributed by atoms with van der Waals surface area (Å²) >= 11 is 6.07. The molecule has 5 heteroatoms. The summed E-state index contributed by atoms with van der Waals surface area (Å²) in [5.74, 6) is 1.14. The van der Waals surface area contributed by atoms with Gasteiger partial charge in [-0.15, -0.1) is 0 Å². The van der Waals surface area contributed by atoms with Gasteiger partial charge in [0.25, 0.3) is 0 Å². The second-order valence-corrected chi connectivity index (χ2v) is 7.68. The van der Waals surface area contributed by atoms with Crippen molar-refractivity contribution < 1.29 is 14.3 Å². The van der Waals surface area contributed by atoms with E-state index in [1.807, 2.05) is 30.3 Å². The molecule has 0 heterocycles. The molecule has 3 rings (SSSR count). The molecular formula is C25H26ClNO3. The van der Waals surface area contributed by atoms with E-state index < -0.39 is 0 Å². The third kappa shape index (κ3) is 5.14. The predicted molar refractivity (Wildman–Crippen MR) is 122 cm³/mol. The highest BCUT2D eigenvalue weighted by Crippen LogP contribution is 2.31. The lowest BCUT2D eigenvalue weighted by Crippen LogP contribution is -2.16. The first-order valence-electron chi connectivity index (χ1n) is 9.75. The van der Waals surface area contributed by atoms with Gasteiger partial charge in [0, 0.05) is 22.7 Å². The maximum atomic E-state index is 13.1. The van der Waals surface area contributed by atoms with Crippen LogP contribution in [0.3, 0.4) is 0 Å². The molecule has 30 heavy (non-hydrogen) atoms. The number of rotatable bonds is 8. The molecule has 156 valence electrons. The quantitative estimate of drug-likeness (QED) is 0.426. The van der Waals surface area contributed by atoms with Crippen LogP contribution >= 0.6 is 11.6 Å². The van der Waals surface area contributed by atoms with Crippen molar-refractivity contribution >= 4 is 23.1 Å². The van der Waals surface area contributed by atoms with Crippen LogP contribution in [0.4, 0.5) is 5.69 Å². The Labute approximate surface area is 182 Å². The molecule has 0 saturated heterocycles. The van der Waals surface area contributed by atoms with E-state index in [1.54, 1.807) is 32.4 Å². The fraction of sp³-hybridized carbons (Fsp3) is 0.240. The summed E-state index contributed by atoms with van der Waals surface area (Å²) in [5, 5.41) is 4.18. The molecule has 0 radical (unpaired) electrons. The molecule has 1 atom stereocenters. The Morgan fingerprint density at radius 2 is 1.60 bits per heavy atom. The molecular weight excluding hydrogens is 398 g/mol. The minimum absolute atomic E-state index is 0.00670. The second kappa shape index (κ2) is 9.68. The largest absolute Gasteiger partial charge is 0.493 e. The summed E-state index contributed by atoms with van der Waals surface area (Å²) < 4.78 is 10.6. The maximum Gasteiger partial charge on any atom is 0.165 e. The standard InChI is InChI=1S/C25H26ClNO3/c1-16-5-11-21(13-17(16)2)27-22(18-6-9-20(26)10-7-18)15-23(28)19-8-12-24(29-3)25(14-19)30-4/h5-14,22,27H,15H2,1-4H3. The third-order valence-electron chi connectivity index (χ3n) is 5.22. The van der Waals surface area contributed by atoms with Crippen molar-refractivity contribution in [3.8, 4) is 11.5 Å². The zero-order chi connectivity index (χ0) is 21.7. The van der Waals surface area contributed by atoms with E-state index in [9.17, 15) is 4.79 Å². The number of hydrogen-bond donors (Lipinski definition) is 1. The van der Waals surface area contributed by atoms with Gasteiger partial charge in [0.15, 0.2) is 17.3 Å². The van der Waals surface area contributed by atoms with Gasteiger partial charge in [-0.05, 0) is 73.0 Å². The average Bonchev–Trinajstić information content (AvgIpc) is 2.75.